The lowest BCUT2D eigenvalue weighted by molar-refractivity contribution is -0.123. The maximum atomic E-state index is 11.9. The van der Waals surface area contributed by atoms with Crippen molar-refractivity contribution >= 4 is 67.1 Å². The van der Waals surface area contributed by atoms with E-state index < -0.39 is 11.8 Å². The van der Waals surface area contributed by atoms with Gasteiger partial charge in [-0.05, 0) is 64.4 Å². The molecule has 0 bridgehead atoms. The van der Waals surface area contributed by atoms with Crippen LogP contribution in [-0.2, 0) is 9.59 Å². The molecule has 0 aliphatic rings. The van der Waals surface area contributed by atoms with Gasteiger partial charge in [0.05, 0.1) is 4.47 Å². The van der Waals surface area contributed by atoms with Gasteiger partial charge in [0.15, 0.2) is 11.7 Å². The van der Waals surface area contributed by atoms with Crippen LogP contribution in [0.15, 0.2) is 57.5 Å². The van der Waals surface area contributed by atoms with Crippen molar-refractivity contribution < 1.29 is 14.3 Å². The van der Waals surface area contributed by atoms with E-state index in [-0.39, 0.29) is 11.7 Å². The number of carbonyl (C=O) groups is 2. The number of hydrogen-bond acceptors (Lipinski definition) is 4. The van der Waals surface area contributed by atoms with Gasteiger partial charge < -0.3 is 4.74 Å². The summed E-state index contributed by atoms with van der Waals surface area (Å²) in [6, 6.07) is 13.1. The molecule has 0 aliphatic carbocycles. The van der Waals surface area contributed by atoms with Crippen molar-refractivity contribution in [3.8, 4) is 5.75 Å². The summed E-state index contributed by atoms with van der Waals surface area (Å²) in [5.74, 6) is -0.299. The minimum Gasteiger partial charge on any atom is -0.482 e. The third kappa shape index (κ3) is 7.41. The van der Waals surface area contributed by atoms with Crippen LogP contribution >= 0.6 is 44.1 Å². The van der Waals surface area contributed by atoms with Crippen LogP contribution < -0.4 is 20.9 Å². The van der Waals surface area contributed by atoms with E-state index in [2.05, 4.69) is 48.0 Å². The number of ether oxygens (including phenoxy) is 1. The standard InChI is InChI=1S/C19H17Br2N3O3S/c1-12-9-14(20)10-15(21)18(12)27-11-17(26)23-24-19(28)22-16(25)8-7-13-5-3-2-4-6-13/h2-10H,11H2,1H3,(H,23,26)(H2,22,24,25,28). The zero-order chi connectivity index (χ0) is 20.5. The van der Waals surface area contributed by atoms with Gasteiger partial charge in [-0.3, -0.25) is 25.8 Å². The Morgan fingerprint density at radius 2 is 1.86 bits per heavy atom. The normalized spacial score (nSPS) is 10.4. The van der Waals surface area contributed by atoms with Crippen LogP contribution in [0.3, 0.4) is 0 Å². The van der Waals surface area contributed by atoms with E-state index >= 15 is 0 Å². The summed E-state index contributed by atoms with van der Waals surface area (Å²) in [6.45, 7) is 1.65. The van der Waals surface area contributed by atoms with Crippen molar-refractivity contribution in [2.45, 2.75) is 6.92 Å². The Kier molecular flexibility index (Phi) is 8.62. The SMILES string of the molecule is Cc1cc(Br)cc(Br)c1OCC(=O)NNC(=S)NC(=O)C=Cc1ccccc1. The van der Waals surface area contributed by atoms with Crippen molar-refractivity contribution in [1.29, 1.82) is 0 Å². The Balaban J connectivity index is 1.74. The molecular formula is C19H17Br2N3O3S. The van der Waals surface area contributed by atoms with E-state index in [1.54, 1.807) is 6.08 Å². The number of halogens is 2. The van der Waals surface area contributed by atoms with Gasteiger partial charge in [0, 0.05) is 10.5 Å². The number of rotatable bonds is 5. The van der Waals surface area contributed by atoms with Crippen LogP contribution in [0.1, 0.15) is 11.1 Å². The highest BCUT2D eigenvalue weighted by atomic mass is 79.9. The first-order valence-electron chi connectivity index (χ1n) is 8.06. The molecule has 2 aromatic rings. The molecule has 0 radical (unpaired) electrons. The Hall–Kier alpha value is -2.23. The van der Waals surface area contributed by atoms with Crippen molar-refractivity contribution in [3.05, 3.63) is 68.6 Å². The lowest BCUT2D eigenvalue weighted by atomic mass is 10.2. The molecule has 9 heteroatoms. The third-order valence-corrected chi connectivity index (χ3v) is 4.57. The minimum atomic E-state index is -0.453. The van der Waals surface area contributed by atoms with Gasteiger partial charge in [-0.15, -0.1) is 0 Å². The number of nitrogens with one attached hydrogen (secondary N) is 3. The molecule has 0 aliphatic heterocycles. The number of carbonyl (C=O) groups excluding carboxylic acids is 2. The van der Waals surface area contributed by atoms with E-state index in [1.165, 1.54) is 6.08 Å². The molecule has 146 valence electrons. The van der Waals surface area contributed by atoms with Gasteiger partial charge in [0.2, 0.25) is 5.91 Å². The molecule has 0 aromatic heterocycles. The van der Waals surface area contributed by atoms with E-state index in [1.807, 2.05) is 49.4 Å². The van der Waals surface area contributed by atoms with E-state index in [0.717, 1.165) is 20.1 Å². The topological polar surface area (TPSA) is 79.5 Å². The average Bonchev–Trinajstić information content (AvgIpc) is 2.64. The number of amides is 2. The molecule has 2 amide bonds. The number of hydrazine groups is 1. The maximum absolute atomic E-state index is 11.9. The minimum absolute atomic E-state index is 0.0305. The average molecular weight is 527 g/mol. The van der Waals surface area contributed by atoms with Crippen LogP contribution in [-0.4, -0.2) is 23.5 Å². The first-order chi connectivity index (χ1) is 13.3. The maximum Gasteiger partial charge on any atom is 0.276 e. The molecule has 0 saturated carbocycles. The van der Waals surface area contributed by atoms with Gasteiger partial charge in [-0.25, -0.2) is 0 Å². The molecule has 0 heterocycles. The second-order valence-corrected chi connectivity index (χ2v) is 7.74. The molecule has 0 unspecified atom stereocenters. The van der Waals surface area contributed by atoms with Crippen molar-refractivity contribution in [1.82, 2.24) is 16.2 Å². The predicted octanol–water partition coefficient (Wildman–Crippen LogP) is 3.63. The van der Waals surface area contributed by atoms with Crippen LogP contribution in [0.25, 0.3) is 6.08 Å². The Labute approximate surface area is 185 Å². The second kappa shape index (κ2) is 10.9. The zero-order valence-corrected chi connectivity index (χ0v) is 18.8. The Bertz CT molecular complexity index is 882. The van der Waals surface area contributed by atoms with Crippen LogP contribution in [0.4, 0.5) is 0 Å². The zero-order valence-electron chi connectivity index (χ0n) is 14.8. The van der Waals surface area contributed by atoms with Crippen molar-refractivity contribution in [2.75, 3.05) is 6.61 Å². The number of aryl methyl sites for hydroxylation is 1. The summed E-state index contributed by atoms with van der Waals surface area (Å²) < 4.78 is 7.15. The number of thiocarbonyl (C=S) groups is 1. The fourth-order valence-electron chi connectivity index (χ4n) is 2.09. The van der Waals surface area contributed by atoms with Gasteiger partial charge >= 0.3 is 0 Å². The van der Waals surface area contributed by atoms with Crippen LogP contribution in [0, 0.1) is 6.92 Å². The Morgan fingerprint density at radius 1 is 1.14 bits per heavy atom. The third-order valence-electron chi connectivity index (χ3n) is 3.32. The first-order valence-corrected chi connectivity index (χ1v) is 10.1. The lowest BCUT2D eigenvalue weighted by Crippen LogP contribution is -2.49. The molecule has 2 aromatic carbocycles. The summed E-state index contributed by atoms with van der Waals surface area (Å²) in [4.78, 5) is 23.7. The van der Waals surface area contributed by atoms with E-state index in [0.29, 0.717) is 5.75 Å². The van der Waals surface area contributed by atoms with Gasteiger partial charge in [0.1, 0.15) is 5.75 Å². The quantitative estimate of drug-likeness (QED) is 0.315. The fourth-order valence-corrected chi connectivity index (χ4v) is 3.80. The molecule has 0 spiro atoms. The second-order valence-electron chi connectivity index (χ2n) is 5.56. The lowest BCUT2D eigenvalue weighted by Gasteiger charge is -2.13. The van der Waals surface area contributed by atoms with Crippen molar-refractivity contribution in [2.24, 2.45) is 0 Å². The summed E-state index contributed by atoms with van der Waals surface area (Å²) in [5.41, 5.74) is 6.57. The number of hydrogen-bond donors (Lipinski definition) is 3. The highest BCUT2D eigenvalue weighted by Crippen LogP contribution is 2.32. The van der Waals surface area contributed by atoms with Gasteiger partial charge in [-0.2, -0.15) is 0 Å². The van der Waals surface area contributed by atoms with Gasteiger partial charge in [-0.1, -0.05) is 46.3 Å². The smallest absolute Gasteiger partial charge is 0.276 e. The summed E-state index contributed by atoms with van der Waals surface area (Å²) in [5, 5.41) is 2.40. The highest BCUT2D eigenvalue weighted by molar-refractivity contribution is 9.11. The summed E-state index contributed by atoms with van der Waals surface area (Å²) in [6.07, 6.45) is 3.00. The predicted molar refractivity (Wildman–Crippen MR) is 120 cm³/mol. The molecule has 28 heavy (non-hydrogen) atoms. The van der Waals surface area contributed by atoms with Crippen molar-refractivity contribution in [3.63, 3.8) is 0 Å². The van der Waals surface area contributed by atoms with Crippen LogP contribution in [0.2, 0.25) is 0 Å². The highest BCUT2D eigenvalue weighted by Gasteiger charge is 2.10. The molecular weight excluding hydrogens is 510 g/mol. The van der Waals surface area contributed by atoms with Gasteiger partial charge in [0.25, 0.3) is 5.91 Å². The van der Waals surface area contributed by atoms with E-state index in [4.69, 9.17) is 17.0 Å². The largest absolute Gasteiger partial charge is 0.482 e. The molecule has 0 atom stereocenters. The molecule has 3 N–H and O–H groups in total. The molecule has 0 saturated heterocycles. The number of benzene rings is 2. The fraction of sp³-hybridized carbons (Fsp3) is 0.105. The monoisotopic (exact) mass is 525 g/mol. The Morgan fingerprint density at radius 3 is 2.54 bits per heavy atom. The summed E-state index contributed by atoms with van der Waals surface area (Å²) >= 11 is 11.7. The molecule has 2 rings (SSSR count). The molecule has 6 nitrogen and oxygen atoms in total. The molecule has 0 fully saturated rings. The van der Waals surface area contributed by atoms with E-state index in [9.17, 15) is 9.59 Å². The van der Waals surface area contributed by atoms with Crippen LogP contribution in [0.5, 0.6) is 5.75 Å². The first kappa shape index (κ1) is 22.1. The summed E-state index contributed by atoms with van der Waals surface area (Å²) in [7, 11) is 0.